The van der Waals surface area contributed by atoms with Crippen molar-refractivity contribution >= 4 is 29.0 Å². The molecule has 0 spiro atoms. The molecule has 1 heterocycles. The van der Waals surface area contributed by atoms with Crippen LogP contribution in [0.4, 0.5) is 11.4 Å². The highest BCUT2D eigenvalue weighted by Crippen LogP contribution is 2.17. The van der Waals surface area contributed by atoms with E-state index in [1.54, 1.807) is 0 Å². The van der Waals surface area contributed by atoms with Gasteiger partial charge >= 0.3 is 0 Å². The summed E-state index contributed by atoms with van der Waals surface area (Å²) in [7, 11) is 0. The van der Waals surface area contributed by atoms with Crippen LogP contribution < -0.4 is 11.1 Å². The molecule has 0 radical (unpaired) electrons. The van der Waals surface area contributed by atoms with Crippen LogP contribution in [0.3, 0.4) is 0 Å². The number of thioether (sulfide) groups is 1. The largest absolute Gasteiger partial charge is 0.398 e. The van der Waals surface area contributed by atoms with E-state index in [9.17, 15) is 4.79 Å². The number of nitrogens with one attached hydrogen (secondary N) is 1. The van der Waals surface area contributed by atoms with Crippen molar-refractivity contribution in [3.63, 3.8) is 0 Å². The van der Waals surface area contributed by atoms with E-state index in [-0.39, 0.29) is 5.91 Å². The number of anilines is 2. The van der Waals surface area contributed by atoms with Crippen molar-refractivity contribution in [2.75, 3.05) is 42.2 Å². The predicted octanol–water partition coefficient (Wildman–Crippen LogP) is 1.95. The standard InChI is InChI=1S/C14H21N3OS/c1-11-3-4-12(9-13(11)15)16-14(18)10-17-5-2-7-19-8-6-17/h3-4,9H,2,5-8,10,15H2,1H3,(H,16,18). The Hall–Kier alpha value is -1.20. The molecule has 4 nitrogen and oxygen atoms in total. The predicted molar refractivity (Wildman–Crippen MR) is 82.6 cm³/mol. The Bertz CT molecular complexity index is 442. The number of amides is 1. The van der Waals surface area contributed by atoms with E-state index in [0.29, 0.717) is 12.2 Å². The Balaban J connectivity index is 1.87. The molecule has 0 bridgehead atoms. The number of aryl methyl sites for hydroxylation is 1. The van der Waals surface area contributed by atoms with Crippen molar-refractivity contribution in [3.05, 3.63) is 23.8 Å². The van der Waals surface area contributed by atoms with Gasteiger partial charge in [0.05, 0.1) is 6.54 Å². The Labute approximate surface area is 118 Å². The molecular formula is C14H21N3OS. The maximum Gasteiger partial charge on any atom is 0.238 e. The van der Waals surface area contributed by atoms with Crippen molar-refractivity contribution in [1.82, 2.24) is 4.90 Å². The fourth-order valence-corrected chi connectivity index (χ4v) is 3.00. The first kappa shape index (κ1) is 14.2. The minimum absolute atomic E-state index is 0.0372. The topological polar surface area (TPSA) is 58.4 Å². The second kappa shape index (κ2) is 6.82. The zero-order valence-corrected chi connectivity index (χ0v) is 12.1. The van der Waals surface area contributed by atoms with Gasteiger partial charge in [0.15, 0.2) is 0 Å². The molecule has 5 heteroatoms. The number of carbonyl (C=O) groups is 1. The quantitative estimate of drug-likeness (QED) is 0.830. The van der Waals surface area contributed by atoms with Gasteiger partial charge < -0.3 is 11.1 Å². The molecule has 0 atom stereocenters. The molecule has 1 saturated heterocycles. The molecule has 1 aromatic rings. The Morgan fingerprint density at radius 1 is 1.42 bits per heavy atom. The van der Waals surface area contributed by atoms with E-state index in [4.69, 9.17) is 5.73 Å². The van der Waals surface area contributed by atoms with Gasteiger partial charge in [-0.25, -0.2) is 0 Å². The number of hydrogen-bond acceptors (Lipinski definition) is 4. The highest BCUT2D eigenvalue weighted by atomic mass is 32.2. The first-order valence-electron chi connectivity index (χ1n) is 6.61. The summed E-state index contributed by atoms with van der Waals surface area (Å²) in [5, 5.41) is 2.91. The van der Waals surface area contributed by atoms with Gasteiger partial charge in [0, 0.05) is 23.7 Å². The van der Waals surface area contributed by atoms with Gasteiger partial charge in [0.1, 0.15) is 0 Å². The highest BCUT2D eigenvalue weighted by molar-refractivity contribution is 7.99. The van der Waals surface area contributed by atoms with E-state index < -0.39 is 0 Å². The number of nitrogen functional groups attached to an aromatic ring is 1. The summed E-state index contributed by atoms with van der Waals surface area (Å²) >= 11 is 1.96. The average Bonchev–Trinajstić information content (AvgIpc) is 2.62. The van der Waals surface area contributed by atoms with Crippen LogP contribution >= 0.6 is 11.8 Å². The second-order valence-electron chi connectivity index (χ2n) is 4.86. The van der Waals surface area contributed by atoms with Gasteiger partial charge in [-0.1, -0.05) is 6.07 Å². The number of hydrogen-bond donors (Lipinski definition) is 2. The molecule has 1 fully saturated rings. The van der Waals surface area contributed by atoms with Crippen LogP contribution in [0.5, 0.6) is 0 Å². The van der Waals surface area contributed by atoms with E-state index >= 15 is 0 Å². The zero-order chi connectivity index (χ0) is 13.7. The third-order valence-corrected chi connectivity index (χ3v) is 4.29. The smallest absolute Gasteiger partial charge is 0.238 e. The average molecular weight is 279 g/mol. The third kappa shape index (κ3) is 4.44. The van der Waals surface area contributed by atoms with Crippen LogP contribution in [0.1, 0.15) is 12.0 Å². The number of carbonyl (C=O) groups excluding carboxylic acids is 1. The molecule has 0 unspecified atom stereocenters. The number of nitrogens with two attached hydrogens (primary N) is 1. The van der Waals surface area contributed by atoms with E-state index in [1.807, 2.05) is 36.9 Å². The van der Waals surface area contributed by atoms with E-state index in [2.05, 4.69) is 10.2 Å². The van der Waals surface area contributed by atoms with Crippen LogP contribution in [-0.2, 0) is 4.79 Å². The lowest BCUT2D eigenvalue weighted by Crippen LogP contribution is -2.34. The molecule has 1 aliphatic rings. The molecule has 2 rings (SSSR count). The van der Waals surface area contributed by atoms with Gasteiger partial charge in [-0.05, 0) is 43.3 Å². The third-order valence-electron chi connectivity index (χ3n) is 3.25. The maximum absolute atomic E-state index is 12.0. The van der Waals surface area contributed by atoms with Gasteiger partial charge in [-0.2, -0.15) is 11.8 Å². The second-order valence-corrected chi connectivity index (χ2v) is 6.09. The summed E-state index contributed by atoms with van der Waals surface area (Å²) in [6.45, 7) is 4.43. The lowest BCUT2D eigenvalue weighted by atomic mass is 10.2. The summed E-state index contributed by atoms with van der Waals surface area (Å²) in [6.07, 6.45) is 1.16. The van der Waals surface area contributed by atoms with Crippen LogP contribution in [0.25, 0.3) is 0 Å². The molecule has 104 valence electrons. The summed E-state index contributed by atoms with van der Waals surface area (Å²) in [5.41, 5.74) is 8.35. The molecule has 0 aliphatic carbocycles. The first-order chi connectivity index (χ1) is 9.15. The summed E-state index contributed by atoms with van der Waals surface area (Å²) in [4.78, 5) is 14.2. The van der Waals surface area contributed by atoms with E-state index in [1.165, 1.54) is 5.75 Å². The number of nitrogens with zero attached hydrogens (tertiary/aromatic N) is 1. The summed E-state index contributed by atoms with van der Waals surface area (Å²) in [5.74, 6) is 2.35. The molecule has 1 aromatic carbocycles. The molecule has 3 N–H and O–H groups in total. The van der Waals surface area contributed by atoms with Crippen molar-refractivity contribution < 1.29 is 4.79 Å². The molecule has 1 aliphatic heterocycles. The van der Waals surface area contributed by atoms with Crippen molar-refractivity contribution in [1.29, 1.82) is 0 Å². The van der Waals surface area contributed by atoms with Gasteiger partial charge in [0.2, 0.25) is 5.91 Å². The van der Waals surface area contributed by atoms with E-state index in [0.717, 1.165) is 36.5 Å². The number of rotatable bonds is 3. The maximum atomic E-state index is 12.0. The van der Waals surface area contributed by atoms with Crippen molar-refractivity contribution in [3.8, 4) is 0 Å². The lowest BCUT2D eigenvalue weighted by Gasteiger charge is -2.18. The molecule has 0 saturated carbocycles. The summed E-state index contributed by atoms with van der Waals surface area (Å²) in [6, 6.07) is 5.63. The Morgan fingerprint density at radius 3 is 3.05 bits per heavy atom. The van der Waals surface area contributed by atoms with Crippen LogP contribution in [0.2, 0.25) is 0 Å². The SMILES string of the molecule is Cc1ccc(NC(=O)CN2CCCSCC2)cc1N. The van der Waals surface area contributed by atoms with Gasteiger partial charge in [0.25, 0.3) is 0 Å². The van der Waals surface area contributed by atoms with Crippen LogP contribution in [0, 0.1) is 6.92 Å². The fraction of sp³-hybridized carbons (Fsp3) is 0.500. The molecule has 19 heavy (non-hydrogen) atoms. The van der Waals surface area contributed by atoms with Gasteiger partial charge in [-0.3, -0.25) is 9.69 Å². The minimum Gasteiger partial charge on any atom is -0.398 e. The molecule has 1 amide bonds. The minimum atomic E-state index is 0.0372. The monoisotopic (exact) mass is 279 g/mol. The molecule has 0 aromatic heterocycles. The van der Waals surface area contributed by atoms with Crippen LogP contribution in [0.15, 0.2) is 18.2 Å². The molecular weight excluding hydrogens is 258 g/mol. The fourth-order valence-electron chi connectivity index (χ4n) is 2.08. The Morgan fingerprint density at radius 2 is 2.26 bits per heavy atom. The van der Waals surface area contributed by atoms with Crippen LogP contribution in [-0.4, -0.2) is 41.9 Å². The van der Waals surface area contributed by atoms with Gasteiger partial charge in [-0.15, -0.1) is 0 Å². The lowest BCUT2D eigenvalue weighted by molar-refractivity contribution is -0.117. The van der Waals surface area contributed by atoms with Crippen molar-refractivity contribution in [2.24, 2.45) is 0 Å². The highest BCUT2D eigenvalue weighted by Gasteiger charge is 2.13. The first-order valence-corrected chi connectivity index (χ1v) is 7.77. The Kier molecular flexibility index (Phi) is 5.10. The number of benzene rings is 1. The van der Waals surface area contributed by atoms with Crippen molar-refractivity contribution in [2.45, 2.75) is 13.3 Å². The normalized spacial score (nSPS) is 16.9. The zero-order valence-electron chi connectivity index (χ0n) is 11.3. The summed E-state index contributed by atoms with van der Waals surface area (Å²) < 4.78 is 0.